The van der Waals surface area contributed by atoms with Crippen LogP contribution in [0.25, 0.3) is 0 Å². The Hall–Kier alpha value is -0.370. The van der Waals surface area contributed by atoms with Crippen LogP contribution in [-0.2, 0) is 4.79 Å². The fraction of sp³-hybridized carbons (Fsp3) is 0.875. The quantitative estimate of drug-likeness (QED) is 0.581. The van der Waals surface area contributed by atoms with Gasteiger partial charge in [-0.1, -0.05) is 13.8 Å². The highest BCUT2D eigenvalue weighted by Gasteiger charge is 2.13. The molecule has 1 aliphatic rings. The molecule has 1 fully saturated rings. The van der Waals surface area contributed by atoms with Crippen LogP contribution in [0.3, 0.4) is 0 Å². The minimum Gasteiger partial charge on any atom is -0.299 e. The summed E-state index contributed by atoms with van der Waals surface area (Å²) in [5.74, 6) is 0.282. The van der Waals surface area contributed by atoms with Gasteiger partial charge in [0.1, 0.15) is 5.78 Å². The second-order valence-corrected chi connectivity index (χ2v) is 2.33. The highest BCUT2D eigenvalue weighted by atomic mass is 16.1. The smallest absolute Gasteiger partial charge is 0.143 e. The van der Waals surface area contributed by atoms with E-state index in [0.29, 0.717) is 6.54 Å². The summed E-state index contributed by atoms with van der Waals surface area (Å²) in [6.07, 6.45) is 1.27. The van der Waals surface area contributed by atoms with Gasteiger partial charge in [-0.05, 0) is 26.4 Å². The van der Waals surface area contributed by atoms with E-state index in [0.717, 1.165) is 13.1 Å². The van der Waals surface area contributed by atoms with Crippen LogP contribution in [0.15, 0.2) is 0 Å². The first kappa shape index (κ1) is 9.63. The maximum absolute atomic E-state index is 10.4. The number of ketones is 1. The molecule has 0 N–H and O–H groups in total. The summed E-state index contributed by atoms with van der Waals surface area (Å²) in [4.78, 5) is 12.6. The Kier molecular flexibility index (Phi) is 5.22. The third kappa shape index (κ3) is 3.62. The van der Waals surface area contributed by atoms with E-state index in [1.165, 1.54) is 6.42 Å². The number of carbonyl (C=O) groups is 1. The predicted molar refractivity (Wildman–Crippen MR) is 43.1 cm³/mol. The molecule has 0 aromatic rings. The molecule has 0 amide bonds. The fourth-order valence-electron chi connectivity index (χ4n) is 0.855. The Balaban J connectivity index is 0.000000371. The van der Waals surface area contributed by atoms with Crippen LogP contribution in [0.4, 0.5) is 0 Å². The summed E-state index contributed by atoms with van der Waals surface area (Å²) in [6, 6.07) is 0. The maximum atomic E-state index is 10.4. The van der Waals surface area contributed by atoms with E-state index < -0.39 is 0 Å². The van der Waals surface area contributed by atoms with Crippen molar-refractivity contribution in [3.05, 3.63) is 0 Å². The first-order chi connectivity index (χ1) is 4.79. The van der Waals surface area contributed by atoms with E-state index in [1.807, 2.05) is 13.8 Å². The zero-order chi connectivity index (χ0) is 7.98. The number of hydrogen-bond donors (Lipinski definition) is 0. The molecule has 1 aliphatic heterocycles. The van der Waals surface area contributed by atoms with Crippen molar-refractivity contribution >= 4 is 5.78 Å². The lowest BCUT2D eigenvalue weighted by molar-refractivity contribution is -0.118. The number of nitrogens with zero attached hydrogens (tertiary/aromatic N) is 1. The van der Waals surface area contributed by atoms with E-state index >= 15 is 0 Å². The first-order valence-corrected chi connectivity index (χ1v) is 4.01. The van der Waals surface area contributed by atoms with E-state index in [2.05, 4.69) is 4.90 Å². The summed E-state index contributed by atoms with van der Waals surface area (Å²) in [5, 5.41) is 0. The molecular weight excluding hydrogens is 126 g/mol. The summed E-state index contributed by atoms with van der Waals surface area (Å²) >= 11 is 0. The highest BCUT2D eigenvalue weighted by molar-refractivity contribution is 5.77. The number of likely N-dealkylation sites (tertiary alicyclic amines) is 1. The molecule has 1 saturated heterocycles. The molecule has 0 unspecified atom stereocenters. The molecule has 2 nitrogen and oxygen atoms in total. The third-order valence-corrected chi connectivity index (χ3v) is 1.39. The number of hydrogen-bond acceptors (Lipinski definition) is 2. The normalized spacial score (nSPS) is 16.7. The number of rotatable bonds is 2. The molecule has 1 heterocycles. The molecule has 0 saturated carbocycles. The maximum Gasteiger partial charge on any atom is 0.143 e. The van der Waals surface area contributed by atoms with E-state index in [-0.39, 0.29) is 5.78 Å². The SMILES string of the molecule is CC.CC(=O)CN1CCC1. The molecule has 2 heteroatoms. The molecule has 0 radical (unpaired) electrons. The molecule has 1 rings (SSSR count). The van der Waals surface area contributed by atoms with Crippen molar-refractivity contribution in [2.75, 3.05) is 19.6 Å². The van der Waals surface area contributed by atoms with Crippen LogP contribution in [0.5, 0.6) is 0 Å². The van der Waals surface area contributed by atoms with Gasteiger partial charge in [-0.15, -0.1) is 0 Å². The van der Waals surface area contributed by atoms with Crippen LogP contribution in [0, 0.1) is 0 Å². The number of carbonyl (C=O) groups excluding carboxylic acids is 1. The minimum absolute atomic E-state index is 0.282. The zero-order valence-electron chi connectivity index (χ0n) is 7.18. The lowest BCUT2D eigenvalue weighted by Gasteiger charge is -2.29. The van der Waals surface area contributed by atoms with Crippen LogP contribution >= 0.6 is 0 Å². The lowest BCUT2D eigenvalue weighted by Crippen LogP contribution is -2.40. The van der Waals surface area contributed by atoms with Crippen molar-refractivity contribution in [2.24, 2.45) is 0 Å². The van der Waals surface area contributed by atoms with Crippen molar-refractivity contribution in [3.63, 3.8) is 0 Å². The van der Waals surface area contributed by atoms with Gasteiger partial charge in [0.25, 0.3) is 0 Å². The second-order valence-electron chi connectivity index (χ2n) is 2.33. The van der Waals surface area contributed by atoms with E-state index in [1.54, 1.807) is 6.92 Å². The van der Waals surface area contributed by atoms with Crippen LogP contribution in [0.2, 0.25) is 0 Å². The van der Waals surface area contributed by atoms with Crippen LogP contribution in [-0.4, -0.2) is 30.3 Å². The van der Waals surface area contributed by atoms with Gasteiger partial charge in [-0.3, -0.25) is 9.69 Å². The standard InChI is InChI=1S/C6H11NO.C2H6/c1-6(8)5-7-3-2-4-7;1-2/h2-5H2,1H3;1-2H3. The lowest BCUT2D eigenvalue weighted by atomic mass is 10.2. The Morgan fingerprint density at radius 1 is 1.40 bits per heavy atom. The average molecular weight is 143 g/mol. The summed E-state index contributed by atoms with van der Waals surface area (Å²) < 4.78 is 0. The van der Waals surface area contributed by atoms with Gasteiger partial charge in [0, 0.05) is 0 Å². The van der Waals surface area contributed by atoms with Gasteiger partial charge in [-0.2, -0.15) is 0 Å². The predicted octanol–water partition coefficient (Wildman–Crippen LogP) is 1.31. The second kappa shape index (κ2) is 5.42. The Labute approximate surface area is 63.2 Å². The summed E-state index contributed by atoms with van der Waals surface area (Å²) in [5.41, 5.74) is 0. The zero-order valence-corrected chi connectivity index (χ0v) is 7.18. The van der Waals surface area contributed by atoms with Gasteiger partial charge < -0.3 is 0 Å². The fourth-order valence-corrected chi connectivity index (χ4v) is 0.855. The molecule has 0 aliphatic carbocycles. The van der Waals surface area contributed by atoms with Crippen molar-refractivity contribution in [3.8, 4) is 0 Å². The van der Waals surface area contributed by atoms with Gasteiger partial charge in [0.15, 0.2) is 0 Å². The summed E-state index contributed by atoms with van der Waals surface area (Å²) in [7, 11) is 0. The minimum atomic E-state index is 0.282. The Bertz CT molecular complexity index is 97.4. The Morgan fingerprint density at radius 3 is 2.00 bits per heavy atom. The first-order valence-electron chi connectivity index (χ1n) is 4.01. The van der Waals surface area contributed by atoms with Crippen molar-refractivity contribution < 1.29 is 4.79 Å². The molecule has 0 spiro atoms. The van der Waals surface area contributed by atoms with E-state index in [9.17, 15) is 4.79 Å². The van der Waals surface area contributed by atoms with Gasteiger partial charge >= 0.3 is 0 Å². The van der Waals surface area contributed by atoms with Gasteiger partial charge in [-0.25, -0.2) is 0 Å². The number of Topliss-reactive ketones (excluding diaryl/α,β-unsaturated/α-hetero) is 1. The van der Waals surface area contributed by atoms with Crippen molar-refractivity contribution in [1.29, 1.82) is 0 Å². The van der Waals surface area contributed by atoms with Crippen molar-refractivity contribution in [1.82, 2.24) is 4.90 Å². The molecule has 0 aromatic carbocycles. The molecule has 0 aromatic heterocycles. The molecule has 0 bridgehead atoms. The molecule has 0 atom stereocenters. The average Bonchev–Trinajstić information content (AvgIpc) is 1.84. The van der Waals surface area contributed by atoms with Gasteiger partial charge in [0.2, 0.25) is 0 Å². The molecule has 60 valence electrons. The van der Waals surface area contributed by atoms with Crippen molar-refractivity contribution in [2.45, 2.75) is 27.2 Å². The molecule has 10 heavy (non-hydrogen) atoms. The monoisotopic (exact) mass is 143 g/mol. The Morgan fingerprint density at radius 2 is 1.90 bits per heavy atom. The van der Waals surface area contributed by atoms with Crippen LogP contribution in [0.1, 0.15) is 27.2 Å². The summed E-state index contributed by atoms with van der Waals surface area (Å²) in [6.45, 7) is 8.55. The molecular formula is C8H17NO. The highest BCUT2D eigenvalue weighted by Crippen LogP contribution is 2.03. The van der Waals surface area contributed by atoms with Crippen LogP contribution < -0.4 is 0 Å². The largest absolute Gasteiger partial charge is 0.299 e. The van der Waals surface area contributed by atoms with Gasteiger partial charge in [0.05, 0.1) is 6.54 Å². The van der Waals surface area contributed by atoms with E-state index in [4.69, 9.17) is 0 Å². The third-order valence-electron chi connectivity index (χ3n) is 1.39. The topological polar surface area (TPSA) is 20.3 Å².